The molecule has 1 unspecified atom stereocenters. The Hall–Kier alpha value is -1.28. The van der Waals surface area contributed by atoms with Gasteiger partial charge in [-0.25, -0.2) is 13.1 Å². The Labute approximate surface area is 134 Å². The molecule has 7 heteroatoms. The summed E-state index contributed by atoms with van der Waals surface area (Å²) < 4.78 is 27.3. The second kappa shape index (κ2) is 6.65. The maximum Gasteiger partial charge on any atom is 0.250 e. The van der Waals surface area contributed by atoms with E-state index in [9.17, 15) is 8.42 Å². The summed E-state index contributed by atoms with van der Waals surface area (Å²) in [6.45, 7) is 2.32. The molecule has 4 nitrogen and oxygen atoms in total. The van der Waals surface area contributed by atoms with E-state index in [2.05, 4.69) is 4.72 Å². The Morgan fingerprint density at radius 1 is 1.29 bits per heavy atom. The minimum atomic E-state index is -3.52. The van der Waals surface area contributed by atoms with E-state index in [1.54, 1.807) is 6.07 Å². The summed E-state index contributed by atoms with van der Waals surface area (Å²) in [6, 6.07) is 12.9. The Balaban J connectivity index is 2.06. The summed E-state index contributed by atoms with van der Waals surface area (Å²) in [7, 11) is -3.52. The van der Waals surface area contributed by atoms with E-state index in [0.29, 0.717) is 11.4 Å². The third-order valence-electron chi connectivity index (χ3n) is 3.04. The Morgan fingerprint density at radius 2 is 1.95 bits per heavy atom. The third-order valence-corrected chi connectivity index (χ3v) is 6.42. The van der Waals surface area contributed by atoms with Crippen LogP contribution in [0.2, 0.25) is 0 Å². The number of nitrogens with two attached hydrogens (primary N) is 1. The monoisotopic (exact) mass is 340 g/mol. The second-order valence-electron chi connectivity index (χ2n) is 4.65. The van der Waals surface area contributed by atoms with Crippen LogP contribution in [0.1, 0.15) is 23.3 Å². The van der Waals surface area contributed by atoms with E-state index in [1.807, 2.05) is 37.3 Å². The maximum absolute atomic E-state index is 12.2. The number of sulfonamides is 1. The van der Waals surface area contributed by atoms with Gasteiger partial charge in [-0.3, -0.25) is 0 Å². The minimum Gasteiger partial charge on any atom is -0.389 e. The van der Waals surface area contributed by atoms with Crippen molar-refractivity contribution in [3.05, 3.63) is 52.9 Å². The molecule has 112 valence electrons. The summed E-state index contributed by atoms with van der Waals surface area (Å²) in [5, 5.41) is 0. The zero-order valence-electron chi connectivity index (χ0n) is 11.4. The highest BCUT2D eigenvalue weighted by molar-refractivity contribution is 7.91. The highest BCUT2D eigenvalue weighted by Gasteiger charge is 2.18. The van der Waals surface area contributed by atoms with Gasteiger partial charge in [-0.05, 0) is 23.6 Å². The Bertz CT molecular complexity index is 724. The molecule has 2 aromatic rings. The molecule has 0 bridgehead atoms. The number of hydrogen-bond acceptors (Lipinski definition) is 4. The van der Waals surface area contributed by atoms with Crippen LogP contribution in [0, 0.1) is 0 Å². The van der Waals surface area contributed by atoms with E-state index < -0.39 is 10.0 Å². The first-order valence-corrected chi connectivity index (χ1v) is 9.05. The van der Waals surface area contributed by atoms with Gasteiger partial charge in [0.1, 0.15) is 9.20 Å². The number of nitrogens with one attached hydrogen (secondary N) is 1. The lowest BCUT2D eigenvalue weighted by Gasteiger charge is -2.12. The van der Waals surface area contributed by atoms with Crippen molar-refractivity contribution in [3.63, 3.8) is 0 Å². The lowest BCUT2D eigenvalue weighted by atomic mass is 10.0. The predicted molar refractivity (Wildman–Crippen MR) is 90.3 cm³/mol. The van der Waals surface area contributed by atoms with Gasteiger partial charge in [0, 0.05) is 6.54 Å². The van der Waals surface area contributed by atoms with E-state index in [-0.39, 0.29) is 15.1 Å². The van der Waals surface area contributed by atoms with Crippen LogP contribution in [0.5, 0.6) is 0 Å². The zero-order valence-corrected chi connectivity index (χ0v) is 13.9. The fourth-order valence-electron chi connectivity index (χ4n) is 1.80. The summed E-state index contributed by atoms with van der Waals surface area (Å²) in [4.78, 5) is 0.806. The van der Waals surface area contributed by atoms with E-state index in [0.717, 1.165) is 16.9 Å². The molecule has 0 radical (unpaired) electrons. The van der Waals surface area contributed by atoms with Crippen LogP contribution in [-0.4, -0.2) is 20.0 Å². The van der Waals surface area contributed by atoms with Crippen molar-refractivity contribution in [1.82, 2.24) is 4.72 Å². The summed E-state index contributed by atoms with van der Waals surface area (Å²) in [5.41, 5.74) is 6.59. The van der Waals surface area contributed by atoms with Crippen LogP contribution < -0.4 is 10.5 Å². The van der Waals surface area contributed by atoms with Crippen molar-refractivity contribution in [1.29, 1.82) is 0 Å². The number of thiophene rings is 1. The zero-order chi connectivity index (χ0) is 15.5. The second-order valence-corrected chi connectivity index (χ2v) is 8.16. The topological polar surface area (TPSA) is 72.2 Å². The van der Waals surface area contributed by atoms with Crippen LogP contribution in [-0.2, 0) is 10.0 Å². The van der Waals surface area contributed by atoms with Gasteiger partial charge >= 0.3 is 0 Å². The van der Waals surface area contributed by atoms with Gasteiger partial charge in [-0.2, -0.15) is 0 Å². The highest BCUT2D eigenvalue weighted by Crippen LogP contribution is 2.22. The van der Waals surface area contributed by atoms with Crippen molar-refractivity contribution in [3.8, 4) is 0 Å². The molecule has 1 aromatic carbocycles. The molecule has 1 aromatic heterocycles. The molecule has 0 saturated carbocycles. The van der Waals surface area contributed by atoms with Gasteiger partial charge < -0.3 is 5.73 Å². The van der Waals surface area contributed by atoms with Crippen molar-refractivity contribution in [2.45, 2.75) is 17.1 Å². The quantitative estimate of drug-likeness (QED) is 0.793. The van der Waals surface area contributed by atoms with Crippen LogP contribution in [0.3, 0.4) is 0 Å². The largest absolute Gasteiger partial charge is 0.389 e. The normalized spacial score (nSPS) is 13.0. The first-order chi connectivity index (χ1) is 9.90. The number of rotatable bonds is 6. The van der Waals surface area contributed by atoms with Crippen molar-refractivity contribution in [2.75, 3.05) is 6.54 Å². The van der Waals surface area contributed by atoms with Gasteiger partial charge in [-0.1, -0.05) is 49.5 Å². The van der Waals surface area contributed by atoms with Gasteiger partial charge in [0.25, 0.3) is 0 Å². The molecular formula is C14H16N2O2S3. The Kier molecular flexibility index (Phi) is 5.10. The standard InChI is InChI=1S/C14H16N2O2S3/c1-10(11-5-3-2-4-6-11)9-16-21(17,18)13-8-7-12(20-13)14(15)19/h2-8,10,16H,9H2,1H3,(H2,15,19). The molecule has 1 heterocycles. The molecule has 2 rings (SSSR count). The molecule has 0 fully saturated rings. The van der Waals surface area contributed by atoms with Crippen LogP contribution in [0.15, 0.2) is 46.7 Å². The molecule has 0 saturated heterocycles. The number of benzene rings is 1. The average Bonchev–Trinajstić information content (AvgIpc) is 2.97. The van der Waals surface area contributed by atoms with Crippen LogP contribution in [0.25, 0.3) is 0 Å². The van der Waals surface area contributed by atoms with Crippen molar-refractivity contribution >= 4 is 38.6 Å². The number of thiocarbonyl (C=S) groups is 1. The maximum atomic E-state index is 12.2. The minimum absolute atomic E-state index is 0.0935. The molecule has 21 heavy (non-hydrogen) atoms. The van der Waals surface area contributed by atoms with E-state index in [1.165, 1.54) is 6.07 Å². The molecule has 0 amide bonds. The van der Waals surface area contributed by atoms with Gasteiger partial charge in [0.05, 0.1) is 4.88 Å². The Morgan fingerprint density at radius 3 is 2.52 bits per heavy atom. The molecule has 0 spiro atoms. The average molecular weight is 340 g/mol. The van der Waals surface area contributed by atoms with Crippen molar-refractivity contribution < 1.29 is 8.42 Å². The lowest BCUT2D eigenvalue weighted by molar-refractivity contribution is 0.577. The lowest BCUT2D eigenvalue weighted by Crippen LogP contribution is -2.27. The first-order valence-electron chi connectivity index (χ1n) is 6.34. The van der Waals surface area contributed by atoms with E-state index in [4.69, 9.17) is 18.0 Å². The van der Waals surface area contributed by atoms with Crippen LogP contribution in [0.4, 0.5) is 0 Å². The summed E-state index contributed by atoms with van der Waals surface area (Å²) in [6.07, 6.45) is 0. The van der Waals surface area contributed by atoms with Crippen LogP contribution >= 0.6 is 23.6 Å². The fourth-order valence-corrected chi connectivity index (χ4v) is 4.33. The highest BCUT2D eigenvalue weighted by atomic mass is 32.2. The molecule has 3 N–H and O–H groups in total. The SMILES string of the molecule is CC(CNS(=O)(=O)c1ccc(C(N)=S)s1)c1ccccc1. The molecule has 0 aliphatic heterocycles. The molecule has 1 atom stereocenters. The fraction of sp³-hybridized carbons (Fsp3) is 0.214. The third kappa shape index (κ3) is 4.10. The summed E-state index contributed by atoms with van der Waals surface area (Å²) in [5.74, 6) is 0.0935. The van der Waals surface area contributed by atoms with E-state index >= 15 is 0 Å². The first kappa shape index (κ1) is 16.1. The predicted octanol–water partition coefficient (Wildman–Crippen LogP) is 2.46. The van der Waals surface area contributed by atoms with Gasteiger partial charge in [0.15, 0.2) is 0 Å². The summed E-state index contributed by atoms with van der Waals surface area (Å²) >= 11 is 5.92. The number of hydrogen-bond donors (Lipinski definition) is 2. The smallest absolute Gasteiger partial charge is 0.250 e. The molecule has 0 aliphatic rings. The molecular weight excluding hydrogens is 324 g/mol. The van der Waals surface area contributed by atoms with Gasteiger partial charge in [-0.15, -0.1) is 11.3 Å². The van der Waals surface area contributed by atoms with Gasteiger partial charge in [0.2, 0.25) is 10.0 Å². The van der Waals surface area contributed by atoms with Crippen molar-refractivity contribution in [2.24, 2.45) is 5.73 Å². The molecule has 0 aliphatic carbocycles.